The Morgan fingerprint density at radius 3 is 2.19 bits per heavy atom. The Labute approximate surface area is 150 Å². The zero-order valence-electron chi connectivity index (χ0n) is 13.7. The first-order valence-corrected chi connectivity index (χ1v) is 10.6. The quantitative estimate of drug-likeness (QED) is 0.729. The first-order chi connectivity index (χ1) is 12.1. The lowest BCUT2D eigenvalue weighted by molar-refractivity contribution is -0.0498. The number of halogens is 2. The van der Waals surface area contributed by atoms with Gasteiger partial charge in [0.1, 0.15) is 5.75 Å². The highest BCUT2D eigenvalue weighted by Gasteiger charge is 2.17. The number of ether oxygens (including phenoxy) is 1. The molecule has 0 aliphatic rings. The SMILES string of the molecule is CCS(=O)(=O)c1ccc(S(=O)(=O)NCc2cccc(OC(F)F)c2)cc1. The molecule has 26 heavy (non-hydrogen) atoms. The van der Waals surface area contributed by atoms with Crippen LogP contribution in [0.2, 0.25) is 0 Å². The number of nitrogens with one attached hydrogen (secondary N) is 1. The second-order valence-corrected chi connectivity index (χ2v) is 9.27. The summed E-state index contributed by atoms with van der Waals surface area (Å²) in [4.78, 5) is -0.0664. The molecule has 0 spiro atoms. The normalized spacial score (nSPS) is 12.3. The van der Waals surface area contributed by atoms with Crippen LogP contribution in [0.3, 0.4) is 0 Å². The summed E-state index contributed by atoms with van der Waals surface area (Å²) in [5.41, 5.74) is 0.428. The summed E-state index contributed by atoms with van der Waals surface area (Å²) in [5.74, 6) is -0.167. The standard InChI is InChI=1S/C16H17F2NO5S2/c1-2-25(20,21)14-6-8-15(9-7-14)26(22,23)19-11-12-4-3-5-13(10-12)24-16(17)18/h3-10,16,19H,2,11H2,1H3. The molecule has 6 nitrogen and oxygen atoms in total. The number of alkyl halides is 2. The van der Waals surface area contributed by atoms with Crippen LogP contribution < -0.4 is 9.46 Å². The number of hydrogen-bond acceptors (Lipinski definition) is 5. The van der Waals surface area contributed by atoms with Crippen LogP contribution in [-0.4, -0.2) is 29.2 Å². The summed E-state index contributed by atoms with van der Waals surface area (Å²) in [7, 11) is -7.32. The van der Waals surface area contributed by atoms with E-state index in [9.17, 15) is 25.6 Å². The molecule has 0 aliphatic heterocycles. The molecular weight excluding hydrogens is 388 g/mol. The predicted octanol–water partition coefficient (Wildman–Crippen LogP) is 2.56. The number of sulfone groups is 1. The highest BCUT2D eigenvalue weighted by atomic mass is 32.2. The summed E-state index contributed by atoms with van der Waals surface area (Å²) in [5, 5.41) is 0. The van der Waals surface area contributed by atoms with E-state index in [1.54, 1.807) is 6.07 Å². The van der Waals surface area contributed by atoms with E-state index in [4.69, 9.17) is 0 Å². The monoisotopic (exact) mass is 405 g/mol. The maximum atomic E-state index is 12.3. The minimum Gasteiger partial charge on any atom is -0.435 e. The van der Waals surface area contributed by atoms with Crippen LogP contribution in [0.4, 0.5) is 8.78 Å². The van der Waals surface area contributed by atoms with Crippen molar-refractivity contribution in [3.63, 3.8) is 0 Å². The molecule has 0 amide bonds. The van der Waals surface area contributed by atoms with Crippen molar-refractivity contribution in [1.82, 2.24) is 4.72 Å². The first-order valence-electron chi connectivity index (χ1n) is 7.50. The third kappa shape index (κ3) is 5.23. The molecule has 1 N–H and O–H groups in total. The van der Waals surface area contributed by atoms with Gasteiger partial charge >= 0.3 is 6.61 Å². The van der Waals surface area contributed by atoms with Gasteiger partial charge in [-0.2, -0.15) is 8.78 Å². The highest BCUT2D eigenvalue weighted by Crippen LogP contribution is 2.18. The third-order valence-electron chi connectivity index (χ3n) is 3.46. The molecule has 0 aliphatic carbocycles. The third-order valence-corrected chi connectivity index (χ3v) is 6.63. The summed E-state index contributed by atoms with van der Waals surface area (Å²) in [6.45, 7) is -1.62. The Morgan fingerprint density at radius 1 is 1.00 bits per heavy atom. The fraction of sp³-hybridized carbons (Fsp3) is 0.250. The van der Waals surface area contributed by atoms with Gasteiger partial charge < -0.3 is 4.74 Å². The molecule has 2 rings (SSSR count). The van der Waals surface area contributed by atoms with Crippen molar-refractivity contribution in [2.24, 2.45) is 0 Å². The van der Waals surface area contributed by atoms with E-state index in [2.05, 4.69) is 9.46 Å². The highest BCUT2D eigenvalue weighted by molar-refractivity contribution is 7.91. The zero-order valence-corrected chi connectivity index (χ0v) is 15.4. The lowest BCUT2D eigenvalue weighted by atomic mass is 10.2. The molecule has 0 bridgehead atoms. The van der Waals surface area contributed by atoms with Gasteiger partial charge in [0.05, 0.1) is 15.5 Å². The van der Waals surface area contributed by atoms with Crippen LogP contribution in [0.5, 0.6) is 5.75 Å². The van der Waals surface area contributed by atoms with Crippen LogP contribution in [0.1, 0.15) is 12.5 Å². The average molecular weight is 405 g/mol. The molecule has 10 heteroatoms. The van der Waals surface area contributed by atoms with Gasteiger partial charge in [-0.1, -0.05) is 19.1 Å². The maximum absolute atomic E-state index is 12.3. The Morgan fingerprint density at radius 2 is 1.62 bits per heavy atom. The average Bonchev–Trinajstić information content (AvgIpc) is 2.60. The van der Waals surface area contributed by atoms with Gasteiger partial charge in [-0.3, -0.25) is 0 Å². The molecule has 2 aromatic carbocycles. The fourth-order valence-electron chi connectivity index (χ4n) is 2.09. The lowest BCUT2D eigenvalue weighted by Gasteiger charge is -2.09. The largest absolute Gasteiger partial charge is 0.435 e. The predicted molar refractivity (Wildman–Crippen MR) is 91.3 cm³/mol. The van der Waals surface area contributed by atoms with E-state index >= 15 is 0 Å². The van der Waals surface area contributed by atoms with Crippen LogP contribution in [0.25, 0.3) is 0 Å². The molecule has 2 aromatic rings. The van der Waals surface area contributed by atoms with E-state index in [-0.39, 0.29) is 27.8 Å². The van der Waals surface area contributed by atoms with E-state index < -0.39 is 26.5 Å². The minimum absolute atomic E-state index is 0.0378. The summed E-state index contributed by atoms with van der Waals surface area (Å²) in [6.07, 6.45) is 0. The van der Waals surface area contributed by atoms with Gasteiger partial charge in [0.15, 0.2) is 9.84 Å². The van der Waals surface area contributed by atoms with Crippen LogP contribution in [-0.2, 0) is 26.4 Å². The number of hydrogen-bond donors (Lipinski definition) is 1. The topological polar surface area (TPSA) is 89.5 Å². The van der Waals surface area contributed by atoms with Crippen molar-refractivity contribution in [2.45, 2.75) is 29.9 Å². The lowest BCUT2D eigenvalue weighted by Crippen LogP contribution is -2.23. The maximum Gasteiger partial charge on any atom is 0.387 e. The van der Waals surface area contributed by atoms with Crippen molar-refractivity contribution in [3.8, 4) is 5.75 Å². The van der Waals surface area contributed by atoms with Gasteiger partial charge in [-0.05, 0) is 42.0 Å². The molecule has 0 fully saturated rings. The van der Waals surface area contributed by atoms with Gasteiger partial charge in [-0.15, -0.1) is 0 Å². The van der Waals surface area contributed by atoms with Crippen molar-refractivity contribution in [1.29, 1.82) is 0 Å². The molecule has 0 heterocycles. The van der Waals surface area contributed by atoms with Crippen LogP contribution in [0.15, 0.2) is 58.3 Å². The van der Waals surface area contributed by atoms with Crippen molar-refractivity contribution >= 4 is 19.9 Å². The van der Waals surface area contributed by atoms with E-state index in [1.807, 2.05) is 0 Å². The Kier molecular flexibility index (Phi) is 6.32. The summed E-state index contributed by atoms with van der Waals surface area (Å²) >= 11 is 0. The zero-order chi connectivity index (χ0) is 19.4. The van der Waals surface area contributed by atoms with Gasteiger partial charge in [-0.25, -0.2) is 21.6 Å². The van der Waals surface area contributed by atoms with Gasteiger partial charge in [0.25, 0.3) is 0 Å². The fourth-order valence-corrected chi connectivity index (χ4v) is 3.99. The molecule has 0 saturated heterocycles. The van der Waals surface area contributed by atoms with Gasteiger partial charge in [0, 0.05) is 6.54 Å². The second kappa shape index (κ2) is 8.11. The Hall–Kier alpha value is -2.04. The van der Waals surface area contributed by atoms with Gasteiger partial charge in [0.2, 0.25) is 10.0 Å². The summed E-state index contributed by atoms with van der Waals surface area (Å²) in [6, 6.07) is 10.5. The number of sulfonamides is 1. The van der Waals surface area contributed by atoms with Crippen molar-refractivity contribution in [3.05, 3.63) is 54.1 Å². The van der Waals surface area contributed by atoms with E-state index in [0.717, 1.165) is 0 Å². The molecule has 0 atom stereocenters. The summed E-state index contributed by atoms with van der Waals surface area (Å²) < 4.78 is 79.1. The van der Waals surface area contributed by atoms with E-state index in [0.29, 0.717) is 5.56 Å². The smallest absolute Gasteiger partial charge is 0.387 e. The molecule has 0 aromatic heterocycles. The molecular formula is C16H17F2NO5S2. The molecule has 0 unspecified atom stereocenters. The molecule has 0 saturated carbocycles. The first kappa shape index (κ1) is 20.3. The Bertz CT molecular complexity index is 958. The number of benzene rings is 2. The van der Waals surface area contributed by atoms with E-state index in [1.165, 1.54) is 49.4 Å². The van der Waals surface area contributed by atoms with Crippen LogP contribution in [0, 0.1) is 0 Å². The second-order valence-electron chi connectivity index (χ2n) is 5.23. The van der Waals surface area contributed by atoms with Crippen LogP contribution >= 0.6 is 0 Å². The van der Waals surface area contributed by atoms with Crippen molar-refractivity contribution in [2.75, 3.05) is 5.75 Å². The minimum atomic E-state index is -3.90. The Balaban J connectivity index is 2.12. The van der Waals surface area contributed by atoms with Crippen molar-refractivity contribution < 1.29 is 30.4 Å². The number of rotatable bonds is 8. The molecule has 0 radical (unpaired) electrons. The molecule has 142 valence electrons.